The van der Waals surface area contributed by atoms with Gasteiger partial charge in [-0.05, 0) is 30.7 Å². The zero-order valence-corrected chi connectivity index (χ0v) is 14.0. The summed E-state index contributed by atoms with van der Waals surface area (Å²) in [6.45, 7) is 1.88. The molecule has 0 aliphatic carbocycles. The quantitative estimate of drug-likeness (QED) is 0.690. The van der Waals surface area contributed by atoms with E-state index in [1.54, 1.807) is 18.5 Å². The number of fused-ring (bicyclic) bond motifs is 1. The second-order valence-electron chi connectivity index (χ2n) is 5.41. The zero-order valence-electron chi connectivity index (χ0n) is 13.1. The topological polar surface area (TPSA) is 54.0 Å². The van der Waals surface area contributed by atoms with Crippen LogP contribution in [0.15, 0.2) is 42.7 Å². The van der Waals surface area contributed by atoms with Gasteiger partial charge in [-0.25, -0.2) is 4.79 Å². The molecule has 0 saturated heterocycles. The maximum absolute atomic E-state index is 12.7. The van der Waals surface area contributed by atoms with Gasteiger partial charge >= 0.3 is 12.2 Å². The fraction of sp³-hybridized carbons (Fsp3) is 0.176. The van der Waals surface area contributed by atoms with Gasteiger partial charge in [0.2, 0.25) is 0 Å². The maximum Gasteiger partial charge on any atom is 0.416 e. The number of aryl methyl sites for hydroxylation is 1. The summed E-state index contributed by atoms with van der Waals surface area (Å²) < 4.78 is 39.1. The molecule has 0 bridgehead atoms. The van der Waals surface area contributed by atoms with Crippen LogP contribution in [0.4, 0.5) is 23.7 Å². The average Bonchev–Trinajstić information content (AvgIpc) is 2.88. The van der Waals surface area contributed by atoms with Crippen molar-refractivity contribution in [3.8, 4) is 0 Å². The first kappa shape index (κ1) is 17.2. The molecule has 1 aromatic carbocycles. The Morgan fingerprint density at radius 2 is 2.08 bits per heavy atom. The highest BCUT2D eigenvalue weighted by atomic mass is 32.1. The number of amides is 2. The van der Waals surface area contributed by atoms with Crippen LogP contribution < -0.4 is 10.6 Å². The normalized spacial score (nSPS) is 11.5. The lowest BCUT2D eigenvalue weighted by molar-refractivity contribution is -0.137. The zero-order chi connectivity index (χ0) is 18.0. The van der Waals surface area contributed by atoms with Crippen molar-refractivity contribution in [2.45, 2.75) is 19.6 Å². The van der Waals surface area contributed by atoms with Gasteiger partial charge in [0.25, 0.3) is 0 Å². The molecule has 2 heterocycles. The maximum atomic E-state index is 12.7. The lowest BCUT2D eigenvalue weighted by atomic mass is 10.1. The Balaban J connectivity index is 1.68. The molecule has 0 aliphatic heterocycles. The predicted octanol–water partition coefficient (Wildman–Crippen LogP) is 4.95. The van der Waals surface area contributed by atoms with Crippen LogP contribution >= 0.6 is 11.3 Å². The van der Waals surface area contributed by atoms with E-state index in [1.807, 2.05) is 6.92 Å². The molecule has 3 aromatic rings. The Morgan fingerprint density at radius 1 is 1.28 bits per heavy atom. The lowest BCUT2D eigenvalue weighted by Crippen LogP contribution is -2.28. The second-order valence-corrected chi connectivity index (χ2v) is 6.67. The number of nitrogens with one attached hydrogen (secondary N) is 2. The molecule has 2 amide bonds. The lowest BCUT2D eigenvalue weighted by Gasteiger charge is -2.10. The van der Waals surface area contributed by atoms with Crippen molar-refractivity contribution in [1.29, 1.82) is 0 Å². The highest BCUT2D eigenvalue weighted by Gasteiger charge is 2.30. The number of carbonyl (C=O) groups is 1. The van der Waals surface area contributed by atoms with E-state index in [9.17, 15) is 18.0 Å². The summed E-state index contributed by atoms with van der Waals surface area (Å²) >= 11 is 1.51. The van der Waals surface area contributed by atoms with Gasteiger partial charge in [-0.2, -0.15) is 13.2 Å². The third-order valence-electron chi connectivity index (χ3n) is 3.61. The van der Waals surface area contributed by atoms with Crippen molar-refractivity contribution in [1.82, 2.24) is 10.3 Å². The number of benzene rings is 1. The number of hydrogen-bond acceptors (Lipinski definition) is 3. The molecular weight excluding hydrogens is 351 g/mol. The molecule has 3 rings (SSSR count). The van der Waals surface area contributed by atoms with Gasteiger partial charge < -0.3 is 10.6 Å². The van der Waals surface area contributed by atoms with Crippen molar-refractivity contribution >= 4 is 33.1 Å². The Labute approximate surface area is 145 Å². The summed E-state index contributed by atoms with van der Waals surface area (Å²) in [4.78, 5) is 17.1. The first-order chi connectivity index (χ1) is 11.8. The number of alkyl halides is 3. The number of aromatic nitrogens is 1. The Morgan fingerprint density at radius 3 is 2.84 bits per heavy atom. The van der Waals surface area contributed by atoms with Gasteiger partial charge in [0.15, 0.2) is 0 Å². The number of nitrogens with zero attached hydrogens (tertiary/aromatic N) is 1. The van der Waals surface area contributed by atoms with Crippen LogP contribution in [0.3, 0.4) is 0 Å². The first-order valence-electron chi connectivity index (χ1n) is 7.38. The molecule has 25 heavy (non-hydrogen) atoms. The minimum Gasteiger partial charge on any atom is -0.334 e. The van der Waals surface area contributed by atoms with Crippen molar-refractivity contribution in [3.05, 3.63) is 58.7 Å². The summed E-state index contributed by atoms with van der Waals surface area (Å²) in [6, 6.07) is 6.21. The second kappa shape index (κ2) is 6.72. The van der Waals surface area contributed by atoms with Crippen LogP contribution in [0.25, 0.3) is 10.1 Å². The number of thiophene rings is 1. The monoisotopic (exact) mass is 365 g/mol. The molecule has 0 radical (unpaired) electrons. The first-order valence-corrected chi connectivity index (χ1v) is 8.20. The number of anilines is 1. The van der Waals surface area contributed by atoms with Gasteiger partial charge in [0, 0.05) is 29.2 Å². The van der Waals surface area contributed by atoms with Crippen LogP contribution in [0.5, 0.6) is 0 Å². The highest BCUT2D eigenvalue weighted by Crippen LogP contribution is 2.34. The summed E-state index contributed by atoms with van der Waals surface area (Å²) in [7, 11) is 0. The van der Waals surface area contributed by atoms with Crippen molar-refractivity contribution in [3.63, 3.8) is 0 Å². The van der Waals surface area contributed by atoms with Crippen LogP contribution in [0.1, 0.15) is 16.0 Å². The van der Waals surface area contributed by atoms with E-state index in [4.69, 9.17) is 0 Å². The van der Waals surface area contributed by atoms with Crippen LogP contribution in [0.2, 0.25) is 0 Å². The number of urea groups is 1. The molecule has 8 heteroatoms. The molecule has 0 atom stereocenters. The minimum absolute atomic E-state index is 0.00156. The van der Waals surface area contributed by atoms with E-state index in [-0.39, 0.29) is 6.54 Å². The molecule has 0 saturated carbocycles. The van der Waals surface area contributed by atoms with Crippen LogP contribution in [0, 0.1) is 6.92 Å². The van der Waals surface area contributed by atoms with E-state index >= 15 is 0 Å². The minimum atomic E-state index is -4.40. The Hall–Kier alpha value is -2.61. The van der Waals surface area contributed by atoms with E-state index in [1.165, 1.54) is 23.5 Å². The number of pyridine rings is 1. The molecule has 2 aromatic heterocycles. The van der Waals surface area contributed by atoms with E-state index < -0.39 is 17.8 Å². The number of rotatable bonds is 3. The van der Waals surface area contributed by atoms with Gasteiger partial charge in [0.1, 0.15) is 0 Å². The number of carbonyl (C=O) groups excluding carboxylic acids is 1. The van der Waals surface area contributed by atoms with Gasteiger partial charge in [-0.3, -0.25) is 4.98 Å². The van der Waals surface area contributed by atoms with Crippen LogP contribution in [-0.4, -0.2) is 11.0 Å². The average molecular weight is 365 g/mol. The van der Waals surface area contributed by atoms with Crippen LogP contribution in [-0.2, 0) is 12.7 Å². The highest BCUT2D eigenvalue weighted by molar-refractivity contribution is 7.19. The van der Waals surface area contributed by atoms with E-state index in [2.05, 4.69) is 15.6 Å². The molecule has 0 fully saturated rings. The molecular formula is C17H14F3N3OS. The molecule has 0 spiro atoms. The summed E-state index contributed by atoms with van der Waals surface area (Å²) in [6.07, 6.45) is -1.04. The standard InChI is InChI=1S/C17H14F3N3OS/c1-10-15(13-5-6-21-9-14(13)25-10)23-16(24)22-8-11-3-2-4-12(7-11)17(18,19)20/h2-7,9H,8H2,1H3,(H2,22,23,24). The fourth-order valence-electron chi connectivity index (χ4n) is 2.43. The summed E-state index contributed by atoms with van der Waals surface area (Å²) in [5.41, 5.74) is 0.324. The van der Waals surface area contributed by atoms with Crippen molar-refractivity contribution in [2.75, 3.05) is 5.32 Å². The van der Waals surface area contributed by atoms with E-state index in [0.29, 0.717) is 11.3 Å². The number of hydrogen-bond donors (Lipinski definition) is 2. The molecule has 2 N–H and O–H groups in total. The third kappa shape index (κ3) is 3.90. The molecule has 130 valence electrons. The van der Waals surface area contributed by atoms with Crippen molar-refractivity contribution < 1.29 is 18.0 Å². The number of halogens is 3. The largest absolute Gasteiger partial charge is 0.416 e. The molecule has 0 unspecified atom stereocenters. The van der Waals surface area contributed by atoms with Crippen molar-refractivity contribution in [2.24, 2.45) is 0 Å². The molecule has 0 aliphatic rings. The van der Waals surface area contributed by atoms with E-state index in [0.717, 1.165) is 27.1 Å². The van der Waals surface area contributed by atoms with Gasteiger partial charge in [-0.15, -0.1) is 11.3 Å². The fourth-order valence-corrected chi connectivity index (χ4v) is 3.41. The predicted molar refractivity (Wildman–Crippen MR) is 91.7 cm³/mol. The third-order valence-corrected chi connectivity index (χ3v) is 4.67. The summed E-state index contributed by atoms with van der Waals surface area (Å²) in [5, 5.41) is 6.22. The molecule has 4 nitrogen and oxygen atoms in total. The smallest absolute Gasteiger partial charge is 0.334 e. The summed E-state index contributed by atoms with van der Waals surface area (Å²) in [5.74, 6) is 0. The van der Waals surface area contributed by atoms with Gasteiger partial charge in [-0.1, -0.05) is 12.1 Å². The SMILES string of the molecule is Cc1sc2cnccc2c1NC(=O)NCc1cccc(C(F)(F)F)c1. The Bertz CT molecular complexity index is 921. The Kier molecular flexibility index (Phi) is 4.63. The van der Waals surface area contributed by atoms with Gasteiger partial charge in [0.05, 0.1) is 16.0 Å².